The molecule has 1 aromatic carbocycles. The van der Waals surface area contributed by atoms with Crippen molar-refractivity contribution in [3.05, 3.63) is 36.2 Å². The molecule has 1 heterocycles. The fraction of sp³-hybridized carbons (Fsp3) is 0.438. The van der Waals surface area contributed by atoms with Crippen molar-refractivity contribution in [3.8, 4) is 5.69 Å². The molecule has 6 heteroatoms. The minimum Gasteiger partial charge on any atom is -0.353 e. The Kier molecular flexibility index (Phi) is 5.60. The van der Waals surface area contributed by atoms with Gasteiger partial charge in [0.2, 0.25) is 5.91 Å². The number of nitrogens with zero attached hydrogens (tertiary/aromatic N) is 3. The first kappa shape index (κ1) is 16.5. The number of thioether (sulfide) groups is 1. The number of hydrogen-bond acceptors (Lipinski definition) is 4. The highest BCUT2D eigenvalue weighted by Gasteiger charge is 2.15. The van der Waals surface area contributed by atoms with Gasteiger partial charge in [-0.2, -0.15) is 0 Å². The molecule has 1 amide bonds. The van der Waals surface area contributed by atoms with Crippen LogP contribution >= 0.6 is 11.8 Å². The number of carbonyl (C=O) groups is 1. The Morgan fingerprint density at radius 1 is 1.23 bits per heavy atom. The third-order valence-corrected chi connectivity index (χ3v) is 4.46. The smallest absolute Gasteiger partial charge is 0.230 e. The molecule has 0 aliphatic heterocycles. The number of aromatic nitrogens is 3. The van der Waals surface area contributed by atoms with Gasteiger partial charge in [0.05, 0.1) is 5.75 Å². The summed E-state index contributed by atoms with van der Waals surface area (Å²) >= 11 is 1.40. The van der Waals surface area contributed by atoms with Gasteiger partial charge in [-0.25, -0.2) is 0 Å². The van der Waals surface area contributed by atoms with E-state index >= 15 is 0 Å². The normalized spacial score (nSPS) is 12.4. The maximum Gasteiger partial charge on any atom is 0.230 e. The van der Waals surface area contributed by atoms with Crippen LogP contribution in [0.2, 0.25) is 0 Å². The molecule has 1 aromatic heterocycles. The maximum atomic E-state index is 12.0. The van der Waals surface area contributed by atoms with Crippen LogP contribution < -0.4 is 5.32 Å². The zero-order valence-corrected chi connectivity index (χ0v) is 14.2. The fourth-order valence-corrected chi connectivity index (χ4v) is 2.71. The van der Waals surface area contributed by atoms with Gasteiger partial charge in [-0.3, -0.25) is 9.36 Å². The second-order valence-electron chi connectivity index (χ2n) is 5.59. The summed E-state index contributed by atoms with van der Waals surface area (Å²) in [6.07, 6.45) is 0. The number of nitrogens with one attached hydrogen (secondary N) is 1. The van der Waals surface area contributed by atoms with Crippen LogP contribution in [0.5, 0.6) is 0 Å². The van der Waals surface area contributed by atoms with Crippen LogP contribution in [0.4, 0.5) is 0 Å². The molecule has 2 rings (SSSR count). The summed E-state index contributed by atoms with van der Waals surface area (Å²) in [6.45, 7) is 8.11. The Morgan fingerprint density at radius 3 is 2.55 bits per heavy atom. The van der Waals surface area contributed by atoms with E-state index in [4.69, 9.17) is 0 Å². The highest BCUT2D eigenvalue weighted by atomic mass is 32.2. The zero-order chi connectivity index (χ0) is 16.1. The molecule has 0 fully saturated rings. The number of amides is 1. The molecular formula is C16H22N4OS. The van der Waals surface area contributed by atoms with Gasteiger partial charge in [-0.1, -0.05) is 43.8 Å². The summed E-state index contributed by atoms with van der Waals surface area (Å²) in [5.41, 5.74) is 1.00. The maximum absolute atomic E-state index is 12.0. The molecule has 5 nitrogen and oxygen atoms in total. The number of carbonyl (C=O) groups excluding carboxylic acids is 1. The van der Waals surface area contributed by atoms with Crippen molar-refractivity contribution in [2.75, 3.05) is 5.75 Å². The lowest BCUT2D eigenvalue weighted by Crippen LogP contribution is -2.37. The van der Waals surface area contributed by atoms with Gasteiger partial charge in [0.15, 0.2) is 5.16 Å². The Hall–Kier alpha value is -1.82. The molecule has 22 heavy (non-hydrogen) atoms. The monoisotopic (exact) mass is 318 g/mol. The Balaban J connectivity index is 2.04. The van der Waals surface area contributed by atoms with E-state index < -0.39 is 0 Å². The first-order chi connectivity index (χ1) is 10.5. The topological polar surface area (TPSA) is 59.8 Å². The van der Waals surface area contributed by atoms with Gasteiger partial charge < -0.3 is 5.32 Å². The van der Waals surface area contributed by atoms with Crippen LogP contribution in [0.25, 0.3) is 5.69 Å². The van der Waals surface area contributed by atoms with Crippen molar-refractivity contribution in [1.82, 2.24) is 20.1 Å². The van der Waals surface area contributed by atoms with Crippen LogP contribution in [-0.4, -0.2) is 32.5 Å². The molecule has 2 aromatic rings. The van der Waals surface area contributed by atoms with E-state index in [1.54, 1.807) is 0 Å². The van der Waals surface area contributed by atoms with E-state index in [0.29, 0.717) is 11.7 Å². The van der Waals surface area contributed by atoms with Crippen molar-refractivity contribution >= 4 is 17.7 Å². The third kappa shape index (κ3) is 4.10. The average Bonchev–Trinajstić information content (AvgIpc) is 2.86. The van der Waals surface area contributed by atoms with E-state index in [9.17, 15) is 4.79 Å². The van der Waals surface area contributed by atoms with E-state index in [1.807, 2.05) is 48.7 Å². The lowest BCUT2D eigenvalue weighted by atomic mass is 10.1. The van der Waals surface area contributed by atoms with Crippen molar-refractivity contribution in [1.29, 1.82) is 0 Å². The standard InChI is InChI=1S/C16H22N4OS/c1-11(2)12(3)17-15(21)10-22-16-19-18-13(4)20(16)14-8-6-5-7-9-14/h5-9,11-12H,10H2,1-4H3,(H,17,21)/t12-/m1/s1. The summed E-state index contributed by atoms with van der Waals surface area (Å²) in [5, 5.41) is 12.0. The molecule has 118 valence electrons. The predicted molar refractivity (Wildman–Crippen MR) is 89.3 cm³/mol. The summed E-state index contributed by atoms with van der Waals surface area (Å²) in [4.78, 5) is 12.0. The van der Waals surface area contributed by atoms with Crippen molar-refractivity contribution in [2.24, 2.45) is 5.92 Å². The minimum absolute atomic E-state index is 0.0199. The quantitative estimate of drug-likeness (QED) is 0.832. The van der Waals surface area contributed by atoms with Gasteiger partial charge in [0.25, 0.3) is 0 Å². The molecule has 0 saturated heterocycles. The average molecular weight is 318 g/mol. The minimum atomic E-state index is 0.0199. The largest absolute Gasteiger partial charge is 0.353 e. The number of para-hydroxylation sites is 1. The summed E-state index contributed by atoms with van der Waals surface area (Å²) < 4.78 is 1.96. The highest BCUT2D eigenvalue weighted by molar-refractivity contribution is 7.99. The second-order valence-corrected chi connectivity index (χ2v) is 6.53. The van der Waals surface area contributed by atoms with Crippen LogP contribution in [0.15, 0.2) is 35.5 Å². The van der Waals surface area contributed by atoms with E-state index in [1.165, 1.54) is 11.8 Å². The summed E-state index contributed by atoms with van der Waals surface area (Å²) in [6, 6.07) is 10.1. The number of benzene rings is 1. The number of aryl methyl sites for hydroxylation is 1. The molecule has 0 saturated carbocycles. The van der Waals surface area contributed by atoms with Crippen molar-refractivity contribution in [2.45, 2.75) is 38.9 Å². The van der Waals surface area contributed by atoms with Crippen LogP contribution in [0.1, 0.15) is 26.6 Å². The van der Waals surface area contributed by atoms with Gasteiger partial charge in [0.1, 0.15) is 5.82 Å². The van der Waals surface area contributed by atoms with Crippen LogP contribution in [0, 0.1) is 12.8 Å². The first-order valence-electron chi connectivity index (χ1n) is 7.38. The molecule has 1 atom stereocenters. The van der Waals surface area contributed by atoms with Crippen LogP contribution in [-0.2, 0) is 4.79 Å². The SMILES string of the molecule is Cc1nnc(SCC(=O)N[C@H](C)C(C)C)n1-c1ccccc1. The zero-order valence-electron chi connectivity index (χ0n) is 13.4. The Bertz CT molecular complexity index is 624. The molecule has 0 radical (unpaired) electrons. The molecule has 0 aliphatic carbocycles. The molecule has 0 unspecified atom stereocenters. The molecule has 0 aliphatic rings. The fourth-order valence-electron chi connectivity index (χ4n) is 1.90. The molecule has 0 bridgehead atoms. The van der Waals surface area contributed by atoms with Gasteiger partial charge in [-0.05, 0) is 31.9 Å². The van der Waals surface area contributed by atoms with Crippen molar-refractivity contribution in [3.63, 3.8) is 0 Å². The van der Waals surface area contributed by atoms with E-state index in [0.717, 1.165) is 16.7 Å². The van der Waals surface area contributed by atoms with Gasteiger partial charge in [0, 0.05) is 11.7 Å². The van der Waals surface area contributed by atoms with Crippen molar-refractivity contribution < 1.29 is 4.79 Å². The van der Waals surface area contributed by atoms with Crippen LogP contribution in [0.3, 0.4) is 0 Å². The summed E-state index contributed by atoms with van der Waals surface area (Å²) in [5.74, 6) is 1.59. The second kappa shape index (κ2) is 7.45. The van der Waals surface area contributed by atoms with Gasteiger partial charge in [-0.15, -0.1) is 10.2 Å². The Labute approximate surface area is 135 Å². The molecular weight excluding hydrogens is 296 g/mol. The summed E-state index contributed by atoms with van der Waals surface area (Å²) in [7, 11) is 0. The third-order valence-electron chi connectivity index (χ3n) is 3.53. The lowest BCUT2D eigenvalue weighted by molar-refractivity contribution is -0.119. The Morgan fingerprint density at radius 2 is 1.91 bits per heavy atom. The molecule has 1 N–H and O–H groups in total. The lowest BCUT2D eigenvalue weighted by Gasteiger charge is -2.17. The van der Waals surface area contributed by atoms with E-state index in [-0.39, 0.29) is 11.9 Å². The first-order valence-corrected chi connectivity index (χ1v) is 8.37. The number of hydrogen-bond donors (Lipinski definition) is 1. The highest BCUT2D eigenvalue weighted by Crippen LogP contribution is 2.21. The van der Waals surface area contributed by atoms with E-state index in [2.05, 4.69) is 29.4 Å². The predicted octanol–water partition coefficient (Wildman–Crippen LogP) is 2.83. The number of rotatable bonds is 6. The molecule has 0 spiro atoms. The van der Waals surface area contributed by atoms with Gasteiger partial charge >= 0.3 is 0 Å².